The van der Waals surface area contributed by atoms with Gasteiger partial charge in [-0.05, 0) is 22.9 Å². The molecule has 0 bridgehead atoms. The van der Waals surface area contributed by atoms with E-state index in [1.807, 2.05) is 6.92 Å². The van der Waals surface area contributed by atoms with Crippen molar-refractivity contribution in [1.29, 1.82) is 0 Å². The van der Waals surface area contributed by atoms with E-state index in [1.165, 1.54) is 9.13 Å². The summed E-state index contributed by atoms with van der Waals surface area (Å²) in [7, 11) is 0. The van der Waals surface area contributed by atoms with Crippen LogP contribution in [0.15, 0.2) is 21.7 Å². The number of nitrogens with zero attached hydrogens (tertiary/aromatic N) is 3. The molecule has 2 rings (SSSR count). The van der Waals surface area contributed by atoms with Crippen LogP contribution in [-0.2, 0) is 17.9 Å². The number of aromatic nitrogens is 3. The van der Waals surface area contributed by atoms with Gasteiger partial charge in [-0.2, -0.15) is 0 Å². The number of hydrogen-bond acceptors (Lipinski definition) is 3. The molecule has 2 heterocycles. The number of fused-ring (bicyclic) bond motifs is 1. The molecule has 6 nitrogen and oxygen atoms in total. The lowest BCUT2D eigenvalue weighted by atomic mass is 10.4. The van der Waals surface area contributed by atoms with Crippen molar-refractivity contribution >= 4 is 32.9 Å². The second-order valence-corrected chi connectivity index (χ2v) is 4.35. The third-order valence-electron chi connectivity index (χ3n) is 2.49. The van der Waals surface area contributed by atoms with Gasteiger partial charge in [0, 0.05) is 12.7 Å². The summed E-state index contributed by atoms with van der Waals surface area (Å²) >= 11 is 3.29. The van der Waals surface area contributed by atoms with Crippen molar-refractivity contribution in [3.05, 3.63) is 27.4 Å². The predicted molar refractivity (Wildman–Crippen MR) is 65.0 cm³/mol. The van der Waals surface area contributed by atoms with Gasteiger partial charge in [0.1, 0.15) is 6.54 Å². The van der Waals surface area contributed by atoms with Crippen LogP contribution in [0.4, 0.5) is 0 Å². The SMILES string of the molecule is CCn1c(=O)n(CC(=O)O)c2c(Br)cncc21. The minimum atomic E-state index is -1.05. The first-order valence-electron chi connectivity index (χ1n) is 5.00. The summed E-state index contributed by atoms with van der Waals surface area (Å²) < 4.78 is 3.34. The average Bonchev–Trinajstić information content (AvgIpc) is 2.52. The summed E-state index contributed by atoms with van der Waals surface area (Å²) in [5.74, 6) is -1.05. The van der Waals surface area contributed by atoms with E-state index in [9.17, 15) is 9.59 Å². The molecule has 0 fully saturated rings. The van der Waals surface area contributed by atoms with Crippen LogP contribution in [0.25, 0.3) is 11.0 Å². The van der Waals surface area contributed by atoms with Crippen LogP contribution in [0, 0.1) is 0 Å². The third-order valence-corrected chi connectivity index (χ3v) is 3.07. The van der Waals surface area contributed by atoms with E-state index >= 15 is 0 Å². The Morgan fingerprint density at radius 3 is 2.76 bits per heavy atom. The highest BCUT2D eigenvalue weighted by Crippen LogP contribution is 2.21. The fourth-order valence-electron chi connectivity index (χ4n) is 1.81. The molecule has 2 aromatic heterocycles. The van der Waals surface area contributed by atoms with Gasteiger partial charge in [0.25, 0.3) is 0 Å². The molecule has 0 aliphatic heterocycles. The second-order valence-electron chi connectivity index (χ2n) is 3.50. The highest BCUT2D eigenvalue weighted by molar-refractivity contribution is 9.10. The summed E-state index contributed by atoms with van der Waals surface area (Å²) in [4.78, 5) is 26.8. The highest BCUT2D eigenvalue weighted by atomic mass is 79.9. The standard InChI is InChI=1S/C10H10BrN3O3/c1-2-13-7-4-12-3-6(11)9(7)14(10(13)17)5-8(15)16/h3-4H,2,5H2,1H3,(H,15,16). The molecule has 7 heteroatoms. The molecule has 90 valence electrons. The van der Waals surface area contributed by atoms with Gasteiger partial charge >= 0.3 is 11.7 Å². The average molecular weight is 300 g/mol. The smallest absolute Gasteiger partial charge is 0.329 e. The molecule has 0 aromatic carbocycles. The number of pyridine rings is 1. The van der Waals surface area contributed by atoms with Crippen LogP contribution in [0.5, 0.6) is 0 Å². The maximum atomic E-state index is 12.0. The first-order valence-corrected chi connectivity index (χ1v) is 5.80. The summed E-state index contributed by atoms with van der Waals surface area (Å²) in [6.45, 7) is 1.94. The van der Waals surface area contributed by atoms with E-state index in [4.69, 9.17) is 5.11 Å². The highest BCUT2D eigenvalue weighted by Gasteiger charge is 2.16. The van der Waals surface area contributed by atoms with Gasteiger partial charge in [0.15, 0.2) is 0 Å². The quantitative estimate of drug-likeness (QED) is 0.919. The molecule has 0 radical (unpaired) electrons. The summed E-state index contributed by atoms with van der Waals surface area (Å²) in [5.41, 5.74) is 0.862. The van der Waals surface area contributed by atoms with E-state index in [1.54, 1.807) is 12.4 Å². The predicted octanol–water partition coefficient (Wildman–Crippen LogP) is 1.06. The van der Waals surface area contributed by atoms with Gasteiger partial charge < -0.3 is 5.11 Å². The molecule has 0 saturated heterocycles. The Kier molecular flexibility index (Phi) is 3.01. The van der Waals surface area contributed by atoms with Crippen LogP contribution in [0.3, 0.4) is 0 Å². The summed E-state index contributed by atoms with van der Waals surface area (Å²) in [6.07, 6.45) is 3.10. The van der Waals surface area contributed by atoms with Gasteiger partial charge in [-0.3, -0.25) is 18.9 Å². The minimum absolute atomic E-state index is 0.335. The van der Waals surface area contributed by atoms with Crippen molar-refractivity contribution in [3.63, 3.8) is 0 Å². The number of aryl methyl sites for hydroxylation is 1. The van der Waals surface area contributed by atoms with E-state index in [0.29, 0.717) is 22.1 Å². The number of carboxylic acids is 1. The Morgan fingerprint density at radius 2 is 2.18 bits per heavy atom. The number of carboxylic acid groups (broad SMARTS) is 1. The van der Waals surface area contributed by atoms with Crippen LogP contribution in [0.2, 0.25) is 0 Å². The Labute approximate surface area is 105 Å². The summed E-state index contributed by atoms with van der Waals surface area (Å²) in [5, 5.41) is 8.82. The van der Waals surface area contributed by atoms with Crippen LogP contribution in [0.1, 0.15) is 6.92 Å². The minimum Gasteiger partial charge on any atom is -0.480 e. The topological polar surface area (TPSA) is 77.1 Å². The molecular formula is C10H10BrN3O3. The molecule has 17 heavy (non-hydrogen) atoms. The lowest BCUT2D eigenvalue weighted by Gasteiger charge is -1.99. The number of rotatable bonds is 3. The zero-order chi connectivity index (χ0) is 12.6. The van der Waals surface area contributed by atoms with Crippen molar-refractivity contribution in [2.75, 3.05) is 0 Å². The van der Waals surface area contributed by atoms with Gasteiger partial charge in [-0.15, -0.1) is 0 Å². The largest absolute Gasteiger partial charge is 0.480 e. The fraction of sp³-hybridized carbons (Fsp3) is 0.300. The van der Waals surface area contributed by atoms with E-state index < -0.39 is 5.97 Å². The third kappa shape index (κ3) is 1.86. The van der Waals surface area contributed by atoms with E-state index in [2.05, 4.69) is 20.9 Å². The number of imidazole rings is 1. The van der Waals surface area contributed by atoms with Crippen molar-refractivity contribution < 1.29 is 9.90 Å². The Bertz CT molecular complexity index is 644. The van der Waals surface area contributed by atoms with Crippen LogP contribution < -0.4 is 5.69 Å². The number of hydrogen-bond donors (Lipinski definition) is 1. The molecule has 0 atom stereocenters. The first-order chi connectivity index (χ1) is 8.06. The normalized spacial score (nSPS) is 10.9. The maximum Gasteiger partial charge on any atom is 0.329 e. The van der Waals surface area contributed by atoms with Crippen molar-refractivity contribution in [2.24, 2.45) is 0 Å². The molecular weight excluding hydrogens is 290 g/mol. The molecule has 1 N–H and O–H groups in total. The van der Waals surface area contributed by atoms with E-state index in [0.717, 1.165) is 0 Å². The number of carbonyl (C=O) groups is 1. The Balaban J connectivity index is 2.86. The molecule has 0 saturated carbocycles. The molecule has 0 unspecified atom stereocenters. The van der Waals surface area contributed by atoms with Crippen molar-refractivity contribution in [2.45, 2.75) is 20.0 Å². The van der Waals surface area contributed by atoms with Gasteiger partial charge in [0.05, 0.1) is 21.7 Å². The number of halogens is 1. The molecule has 0 aliphatic rings. The monoisotopic (exact) mass is 299 g/mol. The zero-order valence-electron chi connectivity index (χ0n) is 9.05. The van der Waals surface area contributed by atoms with E-state index in [-0.39, 0.29) is 12.2 Å². The van der Waals surface area contributed by atoms with Gasteiger partial charge in [-0.25, -0.2) is 4.79 Å². The lowest BCUT2D eigenvalue weighted by Crippen LogP contribution is -2.26. The summed E-state index contributed by atoms with van der Waals surface area (Å²) in [6, 6.07) is 0. The molecule has 0 amide bonds. The van der Waals surface area contributed by atoms with Crippen LogP contribution in [-0.4, -0.2) is 25.2 Å². The second kappa shape index (κ2) is 4.33. The Hall–Kier alpha value is -1.63. The maximum absolute atomic E-state index is 12.0. The zero-order valence-corrected chi connectivity index (χ0v) is 10.6. The molecule has 0 spiro atoms. The van der Waals surface area contributed by atoms with Gasteiger partial charge in [-0.1, -0.05) is 0 Å². The lowest BCUT2D eigenvalue weighted by molar-refractivity contribution is -0.137. The Morgan fingerprint density at radius 1 is 1.47 bits per heavy atom. The first kappa shape index (κ1) is 11.8. The molecule has 0 aliphatic carbocycles. The number of aliphatic carboxylic acids is 1. The van der Waals surface area contributed by atoms with Gasteiger partial charge in [0.2, 0.25) is 0 Å². The van der Waals surface area contributed by atoms with Crippen molar-refractivity contribution in [3.8, 4) is 0 Å². The molecule has 2 aromatic rings. The van der Waals surface area contributed by atoms with Crippen LogP contribution >= 0.6 is 15.9 Å². The fourth-order valence-corrected chi connectivity index (χ4v) is 2.35. The van der Waals surface area contributed by atoms with Crippen molar-refractivity contribution in [1.82, 2.24) is 14.1 Å².